The summed E-state index contributed by atoms with van der Waals surface area (Å²) in [6.07, 6.45) is 2.68. The number of rotatable bonds is 6. The van der Waals surface area contributed by atoms with Gasteiger partial charge in [-0.05, 0) is 74.9 Å². The number of nitrogens with zero attached hydrogens (tertiary/aromatic N) is 2. The van der Waals surface area contributed by atoms with Crippen molar-refractivity contribution in [3.8, 4) is 0 Å². The van der Waals surface area contributed by atoms with Crippen LogP contribution in [0.25, 0.3) is 6.08 Å². The third-order valence-electron chi connectivity index (χ3n) is 4.85. The highest BCUT2D eigenvalue weighted by atomic mass is 32.2. The Kier molecular flexibility index (Phi) is 7.11. The Labute approximate surface area is 181 Å². The van der Waals surface area contributed by atoms with Crippen LogP contribution in [0.2, 0.25) is 0 Å². The van der Waals surface area contributed by atoms with Gasteiger partial charge in [-0.2, -0.15) is 0 Å². The minimum Gasteiger partial charge on any atom is -0.462 e. The minimum absolute atomic E-state index is 0.0466. The summed E-state index contributed by atoms with van der Waals surface area (Å²) in [7, 11) is 0. The average molecular weight is 423 g/mol. The SMILES string of the molecule is CCOC(=O)c1ccc(/C=C2/SC(=Nc3ccc(C)cc3)N([C@H](C)CC)C2=O)cc1. The van der Waals surface area contributed by atoms with Crippen molar-refractivity contribution in [3.63, 3.8) is 0 Å². The number of carbonyl (C=O) groups is 2. The molecule has 0 radical (unpaired) electrons. The molecule has 3 rings (SSSR count). The van der Waals surface area contributed by atoms with Gasteiger partial charge >= 0.3 is 5.97 Å². The van der Waals surface area contributed by atoms with Crippen LogP contribution in [0.1, 0.15) is 48.7 Å². The van der Waals surface area contributed by atoms with E-state index in [1.165, 1.54) is 17.3 Å². The topological polar surface area (TPSA) is 59.0 Å². The van der Waals surface area contributed by atoms with E-state index in [4.69, 9.17) is 9.73 Å². The summed E-state index contributed by atoms with van der Waals surface area (Å²) in [6.45, 7) is 8.23. The lowest BCUT2D eigenvalue weighted by molar-refractivity contribution is -0.123. The van der Waals surface area contributed by atoms with Gasteiger partial charge in [-0.25, -0.2) is 9.79 Å². The molecular formula is C24H26N2O3S. The van der Waals surface area contributed by atoms with Crippen molar-refractivity contribution < 1.29 is 14.3 Å². The number of hydrogen-bond donors (Lipinski definition) is 0. The van der Waals surface area contributed by atoms with Crippen LogP contribution in [0, 0.1) is 6.92 Å². The van der Waals surface area contributed by atoms with Crippen LogP contribution in [0.15, 0.2) is 58.4 Å². The number of hydrogen-bond acceptors (Lipinski definition) is 5. The van der Waals surface area contributed by atoms with Crippen LogP contribution in [-0.2, 0) is 9.53 Å². The van der Waals surface area contributed by atoms with Gasteiger partial charge in [-0.1, -0.05) is 36.8 Å². The lowest BCUT2D eigenvalue weighted by Gasteiger charge is -2.22. The highest BCUT2D eigenvalue weighted by Gasteiger charge is 2.36. The van der Waals surface area contributed by atoms with Crippen LogP contribution in [-0.4, -0.2) is 34.6 Å². The number of amides is 1. The van der Waals surface area contributed by atoms with E-state index in [1.807, 2.05) is 56.3 Å². The number of carbonyl (C=O) groups excluding carboxylic acids is 2. The summed E-state index contributed by atoms with van der Waals surface area (Å²) in [6, 6.07) is 15.0. The van der Waals surface area contributed by atoms with E-state index >= 15 is 0 Å². The molecule has 5 nitrogen and oxygen atoms in total. The summed E-state index contributed by atoms with van der Waals surface area (Å²) < 4.78 is 5.01. The molecule has 0 unspecified atom stereocenters. The zero-order chi connectivity index (χ0) is 21.7. The molecule has 1 atom stereocenters. The molecule has 1 aliphatic rings. The maximum Gasteiger partial charge on any atom is 0.338 e. The third-order valence-corrected chi connectivity index (χ3v) is 5.83. The zero-order valence-electron chi connectivity index (χ0n) is 17.7. The maximum atomic E-state index is 13.1. The molecule has 0 spiro atoms. The van der Waals surface area contributed by atoms with Gasteiger partial charge in [0, 0.05) is 6.04 Å². The first-order valence-corrected chi connectivity index (χ1v) is 10.9. The summed E-state index contributed by atoms with van der Waals surface area (Å²) in [5, 5.41) is 0.688. The first-order chi connectivity index (χ1) is 14.4. The number of ether oxygens (including phenoxy) is 1. The van der Waals surface area contributed by atoms with Crippen molar-refractivity contribution in [2.75, 3.05) is 6.61 Å². The fourth-order valence-electron chi connectivity index (χ4n) is 2.95. The van der Waals surface area contributed by atoms with E-state index in [2.05, 4.69) is 6.92 Å². The Morgan fingerprint density at radius 2 is 1.80 bits per heavy atom. The van der Waals surface area contributed by atoms with Crippen LogP contribution in [0.5, 0.6) is 0 Å². The first kappa shape index (κ1) is 21.8. The number of aliphatic imine (C=N–C) groups is 1. The van der Waals surface area contributed by atoms with Gasteiger partial charge in [0.05, 0.1) is 22.8 Å². The quantitative estimate of drug-likeness (QED) is 0.451. The number of thioether (sulfide) groups is 1. The van der Waals surface area contributed by atoms with E-state index in [9.17, 15) is 9.59 Å². The van der Waals surface area contributed by atoms with Crippen LogP contribution >= 0.6 is 11.8 Å². The van der Waals surface area contributed by atoms with Gasteiger partial charge in [0.15, 0.2) is 5.17 Å². The van der Waals surface area contributed by atoms with Gasteiger partial charge < -0.3 is 4.74 Å². The molecule has 2 aromatic rings. The molecule has 0 saturated carbocycles. The lowest BCUT2D eigenvalue weighted by atomic mass is 10.1. The summed E-state index contributed by atoms with van der Waals surface area (Å²) in [4.78, 5) is 32.0. The lowest BCUT2D eigenvalue weighted by Crippen LogP contribution is -2.36. The molecule has 30 heavy (non-hydrogen) atoms. The minimum atomic E-state index is -0.349. The van der Waals surface area contributed by atoms with E-state index in [1.54, 1.807) is 24.0 Å². The molecule has 6 heteroatoms. The Morgan fingerprint density at radius 1 is 1.13 bits per heavy atom. The highest BCUT2D eigenvalue weighted by molar-refractivity contribution is 8.18. The molecule has 1 amide bonds. The van der Waals surface area contributed by atoms with Crippen molar-refractivity contribution in [3.05, 3.63) is 70.1 Å². The second kappa shape index (κ2) is 9.76. The normalized spacial score (nSPS) is 17.6. The maximum absolute atomic E-state index is 13.1. The monoisotopic (exact) mass is 422 g/mol. The third kappa shape index (κ3) is 5.00. The van der Waals surface area contributed by atoms with Gasteiger partial charge in [0.1, 0.15) is 0 Å². The predicted molar refractivity (Wildman–Crippen MR) is 123 cm³/mol. The van der Waals surface area contributed by atoms with Crippen molar-refractivity contribution in [1.82, 2.24) is 4.90 Å². The van der Waals surface area contributed by atoms with Crippen molar-refractivity contribution in [1.29, 1.82) is 0 Å². The zero-order valence-corrected chi connectivity index (χ0v) is 18.5. The van der Waals surface area contributed by atoms with Crippen molar-refractivity contribution >= 4 is 40.6 Å². The summed E-state index contributed by atoms with van der Waals surface area (Å²) >= 11 is 1.38. The molecule has 156 valence electrons. The van der Waals surface area contributed by atoms with Crippen molar-refractivity contribution in [2.24, 2.45) is 4.99 Å². The molecule has 1 saturated heterocycles. The largest absolute Gasteiger partial charge is 0.462 e. The van der Waals surface area contributed by atoms with E-state index in [-0.39, 0.29) is 17.9 Å². The van der Waals surface area contributed by atoms with Gasteiger partial charge in [0.2, 0.25) is 0 Å². The van der Waals surface area contributed by atoms with E-state index in [0.717, 1.165) is 17.7 Å². The van der Waals surface area contributed by atoms with Crippen LogP contribution in [0.4, 0.5) is 5.69 Å². The average Bonchev–Trinajstić information content (AvgIpc) is 3.04. The smallest absolute Gasteiger partial charge is 0.338 e. The molecule has 0 aromatic heterocycles. The predicted octanol–water partition coefficient (Wildman–Crippen LogP) is 5.57. The molecule has 0 bridgehead atoms. The van der Waals surface area contributed by atoms with Gasteiger partial charge in [-0.3, -0.25) is 9.69 Å². The van der Waals surface area contributed by atoms with Crippen molar-refractivity contribution in [2.45, 2.75) is 40.2 Å². The summed E-state index contributed by atoms with van der Waals surface area (Å²) in [5.74, 6) is -0.395. The first-order valence-electron chi connectivity index (χ1n) is 10.1. The second-order valence-corrected chi connectivity index (χ2v) is 8.12. The molecular weight excluding hydrogens is 396 g/mol. The summed E-state index contributed by atoms with van der Waals surface area (Å²) in [5.41, 5.74) is 3.33. The molecule has 0 aliphatic carbocycles. The Hall–Kier alpha value is -2.86. The number of aryl methyl sites for hydroxylation is 1. The van der Waals surface area contributed by atoms with Crippen LogP contribution < -0.4 is 0 Å². The van der Waals surface area contributed by atoms with Crippen LogP contribution in [0.3, 0.4) is 0 Å². The Balaban J connectivity index is 1.89. The van der Waals surface area contributed by atoms with E-state index in [0.29, 0.717) is 22.2 Å². The van der Waals surface area contributed by atoms with Gasteiger partial charge in [-0.15, -0.1) is 0 Å². The standard InChI is InChI=1S/C24H26N2O3S/c1-5-17(4)26-22(27)21(30-24(26)25-20-13-7-16(3)8-14-20)15-18-9-11-19(12-10-18)23(28)29-6-2/h7-15,17H,5-6H2,1-4H3/b21-15+,25-24?/t17-/m1/s1. The molecule has 0 N–H and O–H groups in total. The number of esters is 1. The second-order valence-electron chi connectivity index (χ2n) is 7.12. The Morgan fingerprint density at radius 3 is 2.40 bits per heavy atom. The van der Waals surface area contributed by atoms with E-state index < -0.39 is 0 Å². The Bertz CT molecular complexity index is 979. The highest BCUT2D eigenvalue weighted by Crippen LogP contribution is 2.36. The number of amidine groups is 1. The number of benzene rings is 2. The molecule has 1 aliphatic heterocycles. The molecule has 1 heterocycles. The fraction of sp³-hybridized carbons (Fsp3) is 0.292. The molecule has 1 fully saturated rings. The molecule has 2 aromatic carbocycles. The fourth-order valence-corrected chi connectivity index (χ4v) is 4.04. The van der Waals surface area contributed by atoms with Gasteiger partial charge in [0.25, 0.3) is 5.91 Å².